The fourth-order valence-corrected chi connectivity index (χ4v) is 2.69. The molecule has 1 aliphatic heterocycles. The maximum Gasteiger partial charge on any atom is 0.134 e. The molecule has 0 saturated carbocycles. The minimum Gasteiger partial charge on any atom is -0.340 e. The van der Waals surface area contributed by atoms with E-state index in [0.29, 0.717) is 0 Å². The molecular formula is C14H16N4S. The van der Waals surface area contributed by atoms with Gasteiger partial charge in [-0.05, 0) is 36.4 Å². The van der Waals surface area contributed by atoms with Crippen LogP contribution in [0.4, 0.5) is 11.5 Å². The molecule has 1 aromatic heterocycles. The number of thioether (sulfide) groups is 1. The van der Waals surface area contributed by atoms with Gasteiger partial charge in [-0.15, -0.1) is 11.8 Å². The minimum atomic E-state index is 0.853. The van der Waals surface area contributed by atoms with Gasteiger partial charge >= 0.3 is 0 Å². The molecular weight excluding hydrogens is 256 g/mol. The lowest BCUT2D eigenvalue weighted by Gasteiger charge is -2.20. The first-order valence-electron chi connectivity index (χ1n) is 6.31. The molecule has 2 aromatic rings. The highest BCUT2D eigenvalue weighted by atomic mass is 32.2. The summed E-state index contributed by atoms with van der Waals surface area (Å²) in [5.41, 5.74) is 3.92. The highest BCUT2D eigenvalue weighted by molar-refractivity contribution is 7.98. The van der Waals surface area contributed by atoms with Crippen molar-refractivity contribution >= 4 is 23.3 Å². The Bertz CT molecular complexity index is 585. The van der Waals surface area contributed by atoms with E-state index < -0.39 is 0 Å². The highest BCUT2D eigenvalue weighted by Gasteiger charge is 2.12. The van der Waals surface area contributed by atoms with E-state index >= 15 is 0 Å². The van der Waals surface area contributed by atoms with E-state index in [1.807, 2.05) is 12.3 Å². The molecule has 5 heteroatoms. The topological polar surface area (TPSA) is 49.8 Å². The average Bonchev–Trinajstić information content (AvgIpc) is 2.48. The van der Waals surface area contributed by atoms with Crippen LogP contribution in [0.2, 0.25) is 0 Å². The van der Waals surface area contributed by atoms with E-state index in [9.17, 15) is 0 Å². The molecule has 0 saturated heterocycles. The average molecular weight is 272 g/mol. The van der Waals surface area contributed by atoms with Crippen LogP contribution in [-0.2, 0) is 13.0 Å². The molecule has 98 valence electrons. The van der Waals surface area contributed by atoms with Crippen LogP contribution in [0.1, 0.15) is 11.1 Å². The molecule has 4 nitrogen and oxygen atoms in total. The standard InChI is InChI=1S/C14H16N4S/c1-19-14-7-13(16-9-17-14)18-12-4-2-3-10-8-15-6-5-11(10)12/h2-4,7,9,15H,5-6,8H2,1H3,(H,16,17,18). The van der Waals surface area contributed by atoms with Crippen molar-refractivity contribution in [3.63, 3.8) is 0 Å². The Morgan fingerprint density at radius 3 is 3.16 bits per heavy atom. The van der Waals surface area contributed by atoms with Gasteiger partial charge in [-0.1, -0.05) is 12.1 Å². The normalized spacial score (nSPS) is 13.9. The van der Waals surface area contributed by atoms with Crippen molar-refractivity contribution in [3.05, 3.63) is 41.7 Å². The van der Waals surface area contributed by atoms with Gasteiger partial charge in [0.05, 0.1) is 0 Å². The van der Waals surface area contributed by atoms with Gasteiger partial charge in [-0.2, -0.15) is 0 Å². The predicted molar refractivity (Wildman–Crippen MR) is 78.9 cm³/mol. The van der Waals surface area contributed by atoms with Crippen molar-refractivity contribution in [1.82, 2.24) is 15.3 Å². The summed E-state index contributed by atoms with van der Waals surface area (Å²) in [5, 5.41) is 7.78. The summed E-state index contributed by atoms with van der Waals surface area (Å²) >= 11 is 1.62. The minimum absolute atomic E-state index is 0.853. The molecule has 2 heterocycles. The Morgan fingerprint density at radius 2 is 2.26 bits per heavy atom. The number of hydrogen-bond acceptors (Lipinski definition) is 5. The van der Waals surface area contributed by atoms with E-state index in [0.717, 1.165) is 36.0 Å². The van der Waals surface area contributed by atoms with Crippen molar-refractivity contribution in [2.24, 2.45) is 0 Å². The second-order valence-electron chi connectivity index (χ2n) is 4.44. The van der Waals surface area contributed by atoms with Crippen LogP contribution in [0, 0.1) is 0 Å². The Morgan fingerprint density at radius 1 is 1.32 bits per heavy atom. The highest BCUT2D eigenvalue weighted by Crippen LogP contribution is 2.26. The quantitative estimate of drug-likeness (QED) is 0.664. The predicted octanol–water partition coefficient (Wildman–Crippen LogP) is 2.59. The Hall–Kier alpha value is -1.59. The second kappa shape index (κ2) is 5.59. The van der Waals surface area contributed by atoms with Crippen LogP contribution >= 0.6 is 11.8 Å². The Kier molecular flexibility index (Phi) is 3.66. The number of nitrogens with one attached hydrogen (secondary N) is 2. The molecule has 1 aromatic carbocycles. The van der Waals surface area contributed by atoms with Crippen LogP contribution < -0.4 is 10.6 Å². The van der Waals surface area contributed by atoms with Gasteiger partial charge < -0.3 is 10.6 Å². The van der Waals surface area contributed by atoms with Crippen LogP contribution in [0.5, 0.6) is 0 Å². The molecule has 0 fully saturated rings. The summed E-state index contributed by atoms with van der Waals surface area (Å²) in [4.78, 5) is 8.47. The monoisotopic (exact) mass is 272 g/mol. The molecule has 0 radical (unpaired) electrons. The van der Waals surface area contributed by atoms with Crippen LogP contribution in [0.3, 0.4) is 0 Å². The van der Waals surface area contributed by atoms with E-state index in [-0.39, 0.29) is 0 Å². The maximum absolute atomic E-state index is 4.28. The molecule has 0 bridgehead atoms. The van der Waals surface area contributed by atoms with Gasteiger partial charge in [-0.3, -0.25) is 0 Å². The second-order valence-corrected chi connectivity index (χ2v) is 5.27. The third-order valence-corrected chi connectivity index (χ3v) is 3.90. The number of aromatic nitrogens is 2. The zero-order chi connectivity index (χ0) is 13.1. The lowest BCUT2D eigenvalue weighted by Crippen LogP contribution is -2.24. The van der Waals surface area contributed by atoms with Gasteiger partial charge in [0, 0.05) is 18.3 Å². The number of hydrogen-bond donors (Lipinski definition) is 2. The van der Waals surface area contributed by atoms with Gasteiger partial charge in [-0.25, -0.2) is 9.97 Å². The number of anilines is 2. The fraction of sp³-hybridized carbons (Fsp3) is 0.286. The largest absolute Gasteiger partial charge is 0.340 e. The lowest BCUT2D eigenvalue weighted by atomic mass is 9.99. The van der Waals surface area contributed by atoms with Crippen molar-refractivity contribution in [3.8, 4) is 0 Å². The van der Waals surface area contributed by atoms with E-state index in [2.05, 4.69) is 38.8 Å². The van der Waals surface area contributed by atoms with Gasteiger partial charge in [0.1, 0.15) is 17.2 Å². The third-order valence-electron chi connectivity index (χ3n) is 3.25. The van der Waals surface area contributed by atoms with E-state index in [1.54, 1.807) is 18.1 Å². The van der Waals surface area contributed by atoms with Crippen LogP contribution in [0.15, 0.2) is 35.6 Å². The van der Waals surface area contributed by atoms with Gasteiger partial charge in [0.15, 0.2) is 0 Å². The molecule has 3 rings (SSSR count). The van der Waals surface area contributed by atoms with Crippen molar-refractivity contribution in [1.29, 1.82) is 0 Å². The Labute approximate surface area is 117 Å². The number of fused-ring (bicyclic) bond motifs is 1. The zero-order valence-corrected chi connectivity index (χ0v) is 11.6. The Balaban J connectivity index is 1.90. The van der Waals surface area contributed by atoms with E-state index in [4.69, 9.17) is 0 Å². The van der Waals surface area contributed by atoms with Crippen molar-refractivity contribution in [2.75, 3.05) is 18.1 Å². The number of rotatable bonds is 3. The molecule has 0 atom stereocenters. The van der Waals surface area contributed by atoms with Crippen molar-refractivity contribution in [2.45, 2.75) is 18.0 Å². The van der Waals surface area contributed by atoms with Gasteiger partial charge in [0.2, 0.25) is 0 Å². The molecule has 0 aliphatic carbocycles. The first-order chi connectivity index (χ1) is 9.36. The van der Waals surface area contributed by atoms with Crippen LogP contribution in [0.25, 0.3) is 0 Å². The molecule has 2 N–H and O–H groups in total. The summed E-state index contributed by atoms with van der Waals surface area (Å²) < 4.78 is 0. The first-order valence-corrected chi connectivity index (χ1v) is 7.54. The van der Waals surface area contributed by atoms with E-state index in [1.165, 1.54) is 11.1 Å². The molecule has 0 unspecified atom stereocenters. The SMILES string of the molecule is CSc1cc(Nc2cccc3c2CCNC3)ncn1. The summed E-state index contributed by atoms with van der Waals surface area (Å²) in [6.45, 7) is 1.98. The number of nitrogens with zero attached hydrogens (tertiary/aromatic N) is 2. The summed E-state index contributed by atoms with van der Waals surface area (Å²) in [6, 6.07) is 8.36. The van der Waals surface area contributed by atoms with Gasteiger partial charge in [0.25, 0.3) is 0 Å². The fourth-order valence-electron chi connectivity index (χ4n) is 2.31. The molecule has 1 aliphatic rings. The molecule has 19 heavy (non-hydrogen) atoms. The maximum atomic E-state index is 4.28. The summed E-state index contributed by atoms with van der Waals surface area (Å²) in [6.07, 6.45) is 4.67. The third kappa shape index (κ3) is 2.72. The molecule has 0 spiro atoms. The first kappa shape index (κ1) is 12.4. The van der Waals surface area contributed by atoms with Crippen molar-refractivity contribution < 1.29 is 0 Å². The lowest BCUT2D eigenvalue weighted by molar-refractivity contribution is 0.645. The number of benzene rings is 1. The smallest absolute Gasteiger partial charge is 0.134 e. The zero-order valence-electron chi connectivity index (χ0n) is 10.8. The van der Waals surface area contributed by atoms with Crippen LogP contribution in [-0.4, -0.2) is 22.8 Å². The molecule has 0 amide bonds. The summed E-state index contributed by atoms with van der Waals surface area (Å²) in [7, 11) is 0. The summed E-state index contributed by atoms with van der Waals surface area (Å²) in [5.74, 6) is 0.853.